The van der Waals surface area contributed by atoms with Crippen LogP contribution in [0, 0.1) is 0 Å². The first kappa shape index (κ1) is 23.5. The number of halogens is 1. The normalized spacial score (nSPS) is 12.9. The Balaban J connectivity index is 1.30. The van der Waals surface area contributed by atoms with Gasteiger partial charge < -0.3 is 20.5 Å². The van der Waals surface area contributed by atoms with Crippen LogP contribution < -0.4 is 10.6 Å². The van der Waals surface area contributed by atoms with Crippen molar-refractivity contribution in [1.29, 1.82) is 0 Å². The molecule has 3 N–H and O–H groups in total. The molecule has 7 nitrogen and oxygen atoms in total. The molecule has 0 radical (unpaired) electrons. The molecule has 0 aromatic heterocycles. The Morgan fingerprint density at radius 3 is 2.24 bits per heavy atom. The number of alkyl carbamates (subject to hydrolysis) is 1. The van der Waals surface area contributed by atoms with E-state index in [0.717, 1.165) is 22.3 Å². The third-order valence-electron chi connectivity index (χ3n) is 5.68. The number of amides is 2. The van der Waals surface area contributed by atoms with Gasteiger partial charge >= 0.3 is 12.1 Å². The van der Waals surface area contributed by atoms with Crippen molar-refractivity contribution in [3.8, 4) is 11.1 Å². The van der Waals surface area contributed by atoms with E-state index in [2.05, 4.69) is 38.7 Å². The lowest BCUT2D eigenvalue weighted by molar-refractivity contribution is -0.116. The summed E-state index contributed by atoms with van der Waals surface area (Å²) in [6, 6.07) is 20.2. The van der Waals surface area contributed by atoms with Crippen LogP contribution in [0.4, 0.5) is 10.5 Å². The van der Waals surface area contributed by atoms with Crippen LogP contribution in [0.2, 0.25) is 0 Å². The fraction of sp³-hybridized carbons (Fsp3) is 0.192. The number of fused-ring (bicyclic) bond motifs is 3. The lowest BCUT2D eigenvalue weighted by Gasteiger charge is -2.17. The number of carbonyl (C=O) groups is 3. The molecule has 2 amide bonds. The SMILES string of the molecule is CC(CC(=O)Nc1ccc(Br)c(C(=O)O)c1)NC(=O)OCC1c2ccccc2-c2ccccc21. The number of hydrogen-bond donors (Lipinski definition) is 3. The van der Waals surface area contributed by atoms with E-state index in [1.54, 1.807) is 19.1 Å². The highest BCUT2D eigenvalue weighted by atomic mass is 79.9. The number of carbonyl (C=O) groups excluding carboxylic acids is 2. The Hall–Kier alpha value is -3.65. The van der Waals surface area contributed by atoms with Gasteiger partial charge in [-0.2, -0.15) is 0 Å². The third kappa shape index (κ3) is 5.12. The van der Waals surface area contributed by atoms with Gasteiger partial charge in [0.1, 0.15) is 6.61 Å². The van der Waals surface area contributed by atoms with Crippen LogP contribution in [0.3, 0.4) is 0 Å². The van der Waals surface area contributed by atoms with Gasteiger partial charge in [0.25, 0.3) is 0 Å². The van der Waals surface area contributed by atoms with Gasteiger partial charge in [0, 0.05) is 28.5 Å². The van der Waals surface area contributed by atoms with Crippen LogP contribution in [-0.2, 0) is 9.53 Å². The second-order valence-corrected chi connectivity index (χ2v) is 8.98. The molecular weight excluding hydrogens is 500 g/mol. The van der Waals surface area contributed by atoms with Gasteiger partial charge in [-0.05, 0) is 63.3 Å². The van der Waals surface area contributed by atoms with Crippen molar-refractivity contribution >= 4 is 39.6 Å². The van der Waals surface area contributed by atoms with E-state index in [1.165, 1.54) is 6.07 Å². The third-order valence-corrected chi connectivity index (χ3v) is 6.37. The molecular formula is C26H23BrN2O5. The van der Waals surface area contributed by atoms with Gasteiger partial charge in [0.2, 0.25) is 5.91 Å². The molecule has 34 heavy (non-hydrogen) atoms. The van der Waals surface area contributed by atoms with E-state index in [1.807, 2.05) is 36.4 Å². The van der Waals surface area contributed by atoms with Gasteiger partial charge in [-0.1, -0.05) is 48.5 Å². The second-order valence-electron chi connectivity index (χ2n) is 8.12. The highest BCUT2D eigenvalue weighted by Crippen LogP contribution is 2.44. The van der Waals surface area contributed by atoms with Crippen LogP contribution in [-0.4, -0.2) is 35.7 Å². The first-order chi connectivity index (χ1) is 16.3. The summed E-state index contributed by atoms with van der Waals surface area (Å²) >= 11 is 3.17. The molecule has 4 rings (SSSR count). The van der Waals surface area contributed by atoms with Gasteiger partial charge in [-0.25, -0.2) is 9.59 Å². The van der Waals surface area contributed by atoms with Gasteiger partial charge in [-0.15, -0.1) is 0 Å². The molecule has 0 aliphatic heterocycles. The minimum Gasteiger partial charge on any atom is -0.478 e. The zero-order valence-electron chi connectivity index (χ0n) is 18.4. The minimum atomic E-state index is -1.10. The predicted molar refractivity (Wildman–Crippen MR) is 132 cm³/mol. The molecule has 3 aromatic carbocycles. The number of nitrogens with one attached hydrogen (secondary N) is 2. The Morgan fingerprint density at radius 2 is 1.62 bits per heavy atom. The molecule has 3 aromatic rings. The van der Waals surface area contributed by atoms with Gasteiger partial charge in [0.15, 0.2) is 0 Å². The monoisotopic (exact) mass is 522 g/mol. The summed E-state index contributed by atoms with van der Waals surface area (Å²) in [6.07, 6.45) is -0.596. The largest absolute Gasteiger partial charge is 0.478 e. The number of aromatic carboxylic acids is 1. The van der Waals surface area contributed by atoms with Crippen molar-refractivity contribution in [2.45, 2.75) is 25.3 Å². The molecule has 8 heteroatoms. The summed E-state index contributed by atoms with van der Waals surface area (Å²) in [4.78, 5) is 36.0. The predicted octanol–water partition coefficient (Wildman–Crippen LogP) is 5.40. The maximum absolute atomic E-state index is 12.4. The number of benzene rings is 3. The minimum absolute atomic E-state index is 0.00264. The van der Waals surface area contributed by atoms with E-state index in [0.29, 0.717) is 10.2 Å². The van der Waals surface area contributed by atoms with Crippen molar-refractivity contribution < 1.29 is 24.2 Å². The van der Waals surface area contributed by atoms with Crippen LogP contribution in [0.5, 0.6) is 0 Å². The van der Waals surface area contributed by atoms with Crippen molar-refractivity contribution in [3.63, 3.8) is 0 Å². The molecule has 1 aliphatic rings. The van der Waals surface area contributed by atoms with E-state index in [4.69, 9.17) is 4.74 Å². The summed E-state index contributed by atoms with van der Waals surface area (Å²) in [5.41, 5.74) is 4.95. The first-order valence-corrected chi connectivity index (χ1v) is 11.6. The standard InChI is InChI=1S/C26H23BrN2O5/c1-15(12-24(30)29-16-10-11-23(27)21(13-16)25(31)32)28-26(33)34-14-22-19-8-4-2-6-17(19)18-7-3-5-9-20(18)22/h2-11,13,15,22H,12,14H2,1H3,(H,28,33)(H,29,30)(H,31,32). The van der Waals surface area contributed by atoms with E-state index in [-0.39, 0.29) is 30.4 Å². The average Bonchev–Trinajstić information content (AvgIpc) is 3.12. The number of rotatable bonds is 7. The number of carboxylic acids is 1. The smallest absolute Gasteiger partial charge is 0.407 e. The maximum Gasteiger partial charge on any atom is 0.407 e. The van der Waals surface area contributed by atoms with Crippen molar-refractivity contribution in [3.05, 3.63) is 87.9 Å². The van der Waals surface area contributed by atoms with Crippen molar-refractivity contribution in [2.75, 3.05) is 11.9 Å². The van der Waals surface area contributed by atoms with Crippen molar-refractivity contribution in [2.24, 2.45) is 0 Å². The molecule has 0 spiro atoms. The van der Waals surface area contributed by atoms with Crippen LogP contribution >= 0.6 is 15.9 Å². The Kier molecular flexibility index (Phi) is 6.98. The Bertz CT molecular complexity index is 1210. The summed E-state index contributed by atoms with van der Waals surface area (Å²) in [6.45, 7) is 1.89. The second kappa shape index (κ2) is 10.1. The molecule has 1 unspecified atom stereocenters. The quantitative estimate of drug-likeness (QED) is 0.385. The molecule has 0 saturated heterocycles. The highest BCUT2D eigenvalue weighted by molar-refractivity contribution is 9.10. The number of anilines is 1. The van der Waals surface area contributed by atoms with Crippen LogP contribution in [0.15, 0.2) is 71.2 Å². The molecule has 1 atom stereocenters. The molecule has 0 heterocycles. The lowest BCUT2D eigenvalue weighted by atomic mass is 9.98. The van der Waals surface area contributed by atoms with E-state index >= 15 is 0 Å². The number of carboxylic acid groups (broad SMARTS) is 1. The zero-order valence-corrected chi connectivity index (χ0v) is 20.0. The van der Waals surface area contributed by atoms with E-state index < -0.39 is 18.1 Å². The zero-order chi connectivity index (χ0) is 24.2. The van der Waals surface area contributed by atoms with Gasteiger partial charge in [-0.3, -0.25) is 4.79 Å². The topological polar surface area (TPSA) is 105 Å². The van der Waals surface area contributed by atoms with Crippen molar-refractivity contribution in [1.82, 2.24) is 5.32 Å². The maximum atomic E-state index is 12.4. The average molecular weight is 523 g/mol. The molecule has 0 bridgehead atoms. The Labute approximate surface area is 205 Å². The van der Waals surface area contributed by atoms with Crippen LogP contribution in [0.25, 0.3) is 11.1 Å². The summed E-state index contributed by atoms with van der Waals surface area (Å²) < 4.78 is 5.93. The highest BCUT2D eigenvalue weighted by Gasteiger charge is 2.29. The summed E-state index contributed by atoms with van der Waals surface area (Å²) in [7, 11) is 0. The molecule has 174 valence electrons. The summed E-state index contributed by atoms with van der Waals surface area (Å²) in [5, 5.41) is 14.5. The fourth-order valence-electron chi connectivity index (χ4n) is 4.15. The fourth-order valence-corrected chi connectivity index (χ4v) is 4.57. The number of hydrogen-bond acceptors (Lipinski definition) is 4. The number of ether oxygens (including phenoxy) is 1. The Morgan fingerprint density at radius 1 is 1.00 bits per heavy atom. The van der Waals surface area contributed by atoms with Crippen LogP contribution in [0.1, 0.15) is 40.7 Å². The molecule has 0 saturated carbocycles. The van der Waals surface area contributed by atoms with Gasteiger partial charge in [0.05, 0.1) is 5.56 Å². The first-order valence-electron chi connectivity index (χ1n) is 10.8. The molecule has 0 fully saturated rings. The molecule has 1 aliphatic carbocycles. The lowest BCUT2D eigenvalue weighted by Crippen LogP contribution is -2.36. The van der Waals surface area contributed by atoms with E-state index in [9.17, 15) is 19.5 Å². The summed E-state index contributed by atoms with van der Waals surface area (Å²) in [5.74, 6) is -1.50.